The van der Waals surface area contributed by atoms with Gasteiger partial charge in [0.25, 0.3) is 5.91 Å². The molecule has 0 spiro atoms. The Morgan fingerprint density at radius 1 is 1.39 bits per heavy atom. The highest BCUT2D eigenvalue weighted by Gasteiger charge is 2.17. The molecule has 8 heteroatoms. The normalized spacial score (nSPS) is 10.4. The fourth-order valence-corrected chi connectivity index (χ4v) is 2.23. The predicted octanol–water partition coefficient (Wildman–Crippen LogP) is 0.898. The van der Waals surface area contributed by atoms with Gasteiger partial charge >= 0.3 is 6.09 Å². The molecule has 0 bridgehead atoms. The van der Waals surface area contributed by atoms with Gasteiger partial charge in [-0.1, -0.05) is 0 Å². The molecular formula is C15H19N5O3. The van der Waals surface area contributed by atoms with E-state index in [0.29, 0.717) is 17.8 Å². The molecular weight excluding hydrogens is 298 g/mol. The number of nitrogens with two attached hydrogens (primary N) is 1. The van der Waals surface area contributed by atoms with Crippen LogP contribution in [0, 0.1) is 13.8 Å². The van der Waals surface area contributed by atoms with Crippen molar-refractivity contribution in [2.75, 3.05) is 7.11 Å². The van der Waals surface area contributed by atoms with Crippen molar-refractivity contribution in [1.82, 2.24) is 20.1 Å². The number of aryl methyl sites for hydroxylation is 1. The SMILES string of the molecule is COC(=O)NCc1cc(C(=O)n2nc(C)c(CN)c2C)ccn1. The Hall–Kier alpha value is -2.74. The summed E-state index contributed by atoms with van der Waals surface area (Å²) in [5.41, 5.74) is 8.97. The van der Waals surface area contributed by atoms with Crippen LogP contribution in [0.5, 0.6) is 0 Å². The minimum Gasteiger partial charge on any atom is -0.453 e. The number of pyridine rings is 1. The highest BCUT2D eigenvalue weighted by atomic mass is 16.5. The van der Waals surface area contributed by atoms with Crippen LogP contribution in [0.4, 0.5) is 4.79 Å². The number of methoxy groups -OCH3 is 1. The average Bonchev–Trinajstić information content (AvgIpc) is 2.86. The highest BCUT2D eigenvalue weighted by molar-refractivity contribution is 5.96. The Labute approximate surface area is 133 Å². The van der Waals surface area contributed by atoms with Crippen molar-refractivity contribution in [3.05, 3.63) is 46.5 Å². The summed E-state index contributed by atoms with van der Waals surface area (Å²) in [6.07, 6.45) is 0.950. The summed E-state index contributed by atoms with van der Waals surface area (Å²) in [5.74, 6) is -0.271. The van der Waals surface area contributed by atoms with E-state index in [0.717, 1.165) is 17.0 Å². The number of nitrogens with zero attached hydrogens (tertiary/aromatic N) is 3. The van der Waals surface area contributed by atoms with Gasteiger partial charge in [0, 0.05) is 29.6 Å². The van der Waals surface area contributed by atoms with Gasteiger partial charge in [-0.25, -0.2) is 9.48 Å². The molecule has 0 saturated carbocycles. The number of carbonyl (C=O) groups is 2. The van der Waals surface area contributed by atoms with Crippen LogP contribution in [-0.4, -0.2) is 33.9 Å². The molecule has 0 aliphatic rings. The number of hydrogen-bond donors (Lipinski definition) is 2. The smallest absolute Gasteiger partial charge is 0.407 e. The summed E-state index contributed by atoms with van der Waals surface area (Å²) in [4.78, 5) is 27.8. The summed E-state index contributed by atoms with van der Waals surface area (Å²) < 4.78 is 5.83. The van der Waals surface area contributed by atoms with E-state index in [4.69, 9.17) is 5.73 Å². The molecule has 0 aliphatic carbocycles. The van der Waals surface area contributed by atoms with Crippen molar-refractivity contribution in [2.45, 2.75) is 26.9 Å². The molecule has 0 saturated heterocycles. The van der Waals surface area contributed by atoms with Crippen LogP contribution in [0.1, 0.15) is 33.0 Å². The van der Waals surface area contributed by atoms with Crippen LogP contribution in [-0.2, 0) is 17.8 Å². The average molecular weight is 317 g/mol. The second-order valence-corrected chi connectivity index (χ2v) is 4.95. The number of aromatic nitrogens is 3. The zero-order chi connectivity index (χ0) is 17.0. The van der Waals surface area contributed by atoms with Gasteiger partial charge < -0.3 is 15.8 Å². The molecule has 2 rings (SSSR count). The third-order valence-electron chi connectivity index (χ3n) is 3.50. The van der Waals surface area contributed by atoms with E-state index in [2.05, 4.69) is 20.1 Å². The van der Waals surface area contributed by atoms with E-state index >= 15 is 0 Å². The standard InChI is InChI=1S/C15H19N5O3/c1-9-13(7-16)10(2)20(19-9)14(21)11-4-5-17-12(6-11)8-18-15(22)23-3/h4-6H,7-8,16H2,1-3H3,(H,18,22). The maximum Gasteiger partial charge on any atom is 0.407 e. The van der Waals surface area contributed by atoms with E-state index in [1.54, 1.807) is 19.1 Å². The van der Waals surface area contributed by atoms with Crippen LogP contribution in [0.2, 0.25) is 0 Å². The molecule has 0 aliphatic heterocycles. The van der Waals surface area contributed by atoms with Crippen molar-refractivity contribution >= 4 is 12.0 Å². The molecule has 2 aromatic heterocycles. The van der Waals surface area contributed by atoms with Crippen molar-refractivity contribution in [3.63, 3.8) is 0 Å². The van der Waals surface area contributed by atoms with Gasteiger partial charge in [0.1, 0.15) is 0 Å². The van der Waals surface area contributed by atoms with Crippen molar-refractivity contribution in [2.24, 2.45) is 5.73 Å². The number of rotatable bonds is 4. The van der Waals surface area contributed by atoms with Gasteiger partial charge in [-0.2, -0.15) is 5.10 Å². The first-order valence-electron chi connectivity index (χ1n) is 7.04. The van der Waals surface area contributed by atoms with E-state index in [9.17, 15) is 9.59 Å². The molecule has 2 aromatic rings. The van der Waals surface area contributed by atoms with Crippen molar-refractivity contribution < 1.29 is 14.3 Å². The third kappa shape index (κ3) is 3.54. The molecule has 23 heavy (non-hydrogen) atoms. The summed E-state index contributed by atoms with van der Waals surface area (Å²) in [5, 5.41) is 6.77. The maximum absolute atomic E-state index is 12.6. The molecule has 122 valence electrons. The molecule has 2 heterocycles. The van der Waals surface area contributed by atoms with Gasteiger partial charge in [0.2, 0.25) is 0 Å². The fourth-order valence-electron chi connectivity index (χ4n) is 2.23. The molecule has 0 aromatic carbocycles. The third-order valence-corrected chi connectivity index (χ3v) is 3.50. The minimum absolute atomic E-state index is 0.166. The Morgan fingerprint density at radius 3 is 2.74 bits per heavy atom. The summed E-state index contributed by atoms with van der Waals surface area (Å²) in [7, 11) is 1.28. The van der Waals surface area contributed by atoms with Crippen LogP contribution in [0.3, 0.4) is 0 Å². The number of hydrogen-bond acceptors (Lipinski definition) is 6. The number of nitrogens with one attached hydrogen (secondary N) is 1. The fraction of sp³-hybridized carbons (Fsp3) is 0.333. The first-order valence-corrected chi connectivity index (χ1v) is 7.04. The minimum atomic E-state index is -0.560. The zero-order valence-corrected chi connectivity index (χ0v) is 13.3. The highest BCUT2D eigenvalue weighted by Crippen LogP contribution is 2.14. The Balaban J connectivity index is 2.25. The van der Waals surface area contributed by atoms with Crippen LogP contribution in [0.25, 0.3) is 0 Å². The molecule has 8 nitrogen and oxygen atoms in total. The molecule has 0 unspecified atom stereocenters. The van der Waals surface area contributed by atoms with Gasteiger partial charge in [-0.3, -0.25) is 9.78 Å². The predicted molar refractivity (Wildman–Crippen MR) is 82.8 cm³/mol. The number of ether oxygens (including phenoxy) is 1. The Bertz CT molecular complexity index is 739. The lowest BCUT2D eigenvalue weighted by atomic mass is 10.2. The molecule has 0 atom stereocenters. The Kier molecular flexibility index (Phi) is 5.07. The monoisotopic (exact) mass is 317 g/mol. The van der Waals surface area contributed by atoms with Crippen LogP contribution in [0.15, 0.2) is 18.3 Å². The van der Waals surface area contributed by atoms with Crippen LogP contribution < -0.4 is 11.1 Å². The van der Waals surface area contributed by atoms with Crippen molar-refractivity contribution in [1.29, 1.82) is 0 Å². The number of alkyl carbamates (subject to hydrolysis) is 1. The molecule has 3 N–H and O–H groups in total. The Morgan fingerprint density at radius 2 is 2.13 bits per heavy atom. The largest absolute Gasteiger partial charge is 0.453 e. The second kappa shape index (κ2) is 7.01. The van der Waals surface area contributed by atoms with E-state index in [1.165, 1.54) is 18.0 Å². The van der Waals surface area contributed by atoms with Gasteiger partial charge in [-0.15, -0.1) is 0 Å². The van der Waals surface area contributed by atoms with Gasteiger partial charge in [-0.05, 0) is 26.0 Å². The number of carbonyl (C=O) groups excluding carboxylic acids is 2. The molecule has 1 amide bonds. The summed E-state index contributed by atoms with van der Waals surface area (Å²) in [6.45, 7) is 4.12. The van der Waals surface area contributed by atoms with Crippen LogP contribution >= 0.6 is 0 Å². The first-order chi connectivity index (χ1) is 11.0. The molecule has 0 fully saturated rings. The summed E-state index contributed by atoms with van der Waals surface area (Å²) >= 11 is 0. The lowest BCUT2D eigenvalue weighted by Crippen LogP contribution is -2.23. The maximum atomic E-state index is 12.6. The van der Waals surface area contributed by atoms with E-state index in [1.807, 2.05) is 6.92 Å². The first kappa shape index (κ1) is 16.6. The van der Waals surface area contributed by atoms with E-state index < -0.39 is 6.09 Å². The topological polar surface area (TPSA) is 112 Å². The molecule has 0 radical (unpaired) electrons. The van der Waals surface area contributed by atoms with Gasteiger partial charge in [0.15, 0.2) is 0 Å². The van der Waals surface area contributed by atoms with E-state index in [-0.39, 0.29) is 12.5 Å². The quantitative estimate of drug-likeness (QED) is 0.866. The second-order valence-electron chi connectivity index (χ2n) is 4.95. The summed E-state index contributed by atoms with van der Waals surface area (Å²) in [6, 6.07) is 3.21. The lowest BCUT2D eigenvalue weighted by Gasteiger charge is -2.07. The zero-order valence-electron chi connectivity index (χ0n) is 13.3. The number of amides is 1. The van der Waals surface area contributed by atoms with Crippen molar-refractivity contribution in [3.8, 4) is 0 Å². The van der Waals surface area contributed by atoms with Gasteiger partial charge in [0.05, 0.1) is 25.0 Å². The lowest BCUT2D eigenvalue weighted by molar-refractivity contribution is 0.0942.